The Morgan fingerprint density at radius 1 is 1.13 bits per heavy atom. The van der Waals surface area contributed by atoms with E-state index in [0.717, 1.165) is 17.7 Å². The molecule has 0 atom stereocenters. The maximum atomic E-state index is 13.0. The minimum absolute atomic E-state index is 0.311. The Labute approximate surface area is 136 Å². The van der Waals surface area contributed by atoms with Crippen LogP contribution in [-0.4, -0.2) is 18.5 Å². The van der Waals surface area contributed by atoms with Crippen molar-refractivity contribution in [2.45, 2.75) is 6.92 Å². The summed E-state index contributed by atoms with van der Waals surface area (Å²) in [6.45, 7) is 1.18. The van der Waals surface area contributed by atoms with Gasteiger partial charge in [0.25, 0.3) is 5.91 Å². The molecular formula is C16H12ClF2NO3. The second-order valence-electron chi connectivity index (χ2n) is 4.74. The molecule has 0 aliphatic heterocycles. The summed E-state index contributed by atoms with van der Waals surface area (Å²) in [5, 5.41) is 2.97. The van der Waals surface area contributed by atoms with Gasteiger partial charge in [0.15, 0.2) is 6.61 Å². The molecule has 2 rings (SSSR count). The highest BCUT2D eigenvalue weighted by molar-refractivity contribution is 6.31. The zero-order chi connectivity index (χ0) is 17.0. The summed E-state index contributed by atoms with van der Waals surface area (Å²) < 4.78 is 30.8. The Morgan fingerprint density at radius 2 is 1.78 bits per heavy atom. The molecule has 7 heteroatoms. The van der Waals surface area contributed by atoms with E-state index in [1.165, 1.54) is 0 Å². The SMILES string of the molecule is Cc1ccc(Cl)cc1NC(=O)COC(=O)c1cc(F)cc(F)c1. The first-order valence-corrected chi connectivity index (χ1v) is 6.92. The Morgan fingerprint density at radius 3 is 2.43 bits per heavy atom. The van der Waals surface area contributed by atoms with Crippen LogP contribution in [-0.2, 0) is 9.53 Å². The average molecular weight is 340 g/mol. The van der Waals surface area contributed by atoms with Crippen molar-refractivity contribution in [2.75, 3.05) is 11.9 Å². The lowest BCUT2D eigenvalue weighted by atomic mass is 10.2. The van der Waals surface area contributed by atoms with Crippen molar-refractivity contribution in [1.82, 2.24) is 0 Å². The number of esters is 1. The summed E-state index contributed by atoms with van der Waals surface area (Å²) in [6, 6.07) is 7.23. The van der Waals surface area contributed by atoms with Crippen LogP contribution in [0, 0.1) is 18.6 Å². The summed E-state index contributed by atoms with van der Waals surface area (Å²) in [5.74, 6) is -3.41. The normalized spacial score (nSPS) is 10.3. The van der Waals surface area contributed by atoms with Crippen LogP contribution in [0.4, 0.5) is 14.5 Å². The standard InChI is InChI=1S/C16H12ClF2NO3/c1-9-2-3-11(17)6-14(9)20-15(21)8-23-16(22)10-4-12(18)7-13(19)5-10/h2-7H,8H2,1H3,(H,20,21). The first kappa shape index (κ1) is 16.9. The number of aryl methyl sites for hydroxylation is 1. The molecule has 120 valence electrons. The third-order valence-electron chi connectivity index (χ3n) is 2.91. The number of anilines is 1. The second kappa shape index (κ2) is 7.19. The third-order valence-corrected chi connectivity index (χ3v) is 3.14. The molecule has 0 fully saturated rings. The highest BCUT2D eigenvalue weighted by Gasteiger charge is 2.13. The number of rotatable bonds is 4. The maximum Gasteiger partial charge on any atom is 0.338 e. The van der Waals surface area contributed by atoms with E-state index in [1.54, 1.807) is 25.1 Å². The molecule has 1 amide bonds. The van der Waals surface area contributed by atoms with E-state index < -0.39 is 30.1 Å². The maximum absolute atomic E-state index is 13.0. The van der Waals surface area contributed by atoms with Gasteiger partial charge in [-0.1, -0.05) is 17.7 Å². The molecule has 4 nitrogen and oxygen atoms in total. The highest BCUT2D eigenvalue weighted by atomic mass is 35.5. The van der Waals surface area contributed by atoms with E-state index in [9.17, 15) is 18.4 Å². The fourth-order valence-electron chi connectivity index (χ4n) is 1.80. The number of hydrogen-bond acceptors (Lipinski definition) is 3. The summed E-state index contributed by atoms with van der Waals surface area (Å²) in [4.78, 5) is 23.4. The number of nitrogens with one attached hydrogen (secondary N) is 1. The molecule has 1 N–H and O–H groups in total. The molecule has 0 radical (unpaired) electrons. The van der Waals surface area contributed by atoms with Gasteiger partial charge in [0, 0.05) is 16.8 Å². The minimum atomic E-state index is -0.999. The summed E-state index contributed by atoms with van der Waals surface area (Å²) >= 11 is 5.83. The van der Waals surface area contributed by atoms with Gasteiger partial charge in [-0.05, 0) is 36.8 Å². The largest absolute Gasteiger partial charge is 0.452 e. The van der Waals surface area contributed by atoms with E-state index in [2.05, 4.69) is 5.32 Å². The van der Waals surface area contributed by atoms with Crippen LogP contribution in [0.15, 0.2) is 36.4 Å². The monoisotopic (exact) mass is 339 g/mol. The van der Waals surface area contributed by atoms with E-state index in [1.807, 2.05) is 0 Å². The van der Waals surface area contributed by atoms with Gasteiger partial charge >= 0.3 is 5.97 Å². The number of benzene rings is 2. The Kier molecular flexibility index (Phi) is 5.28. The van der Waals surface area contributed by atoms with E-state index in [4.69, 9.17) is 16.3 Å². The molecule has 2 aromatic rings. The molecule has 0 bridgehead atoms. The number of carbonyl (C=O) groups excluding carboxylic acids is 2. The fraction of sp³-hybridized carbons (Fsp3) is 0.125. The number of hydrogen-bond donors (Lipinski definition) is 1. The molecule has 0 saturated heterocycles. The van der Waals surface area contributed by atoms with Gasteiger partial charge in [-0.2, -0.15) is 0 Å². The molecule has 2 aromatic carbocycles. The lowest BCUT2D eigenvalue weighted by Gasteiger charge is -2.09. The zero-order valence-electron chi connectivity index (χ0n) is 12.0. The van der Waals surface area contributed by atoms with Gasteiger partial charge in [0.1, 0.15) is 11.6 Å². The first-order valence-electron chi connectivity index (χ1n) is 6.54. The summed E-state index contributed by atoms with van der Waals surface area (Å²) in [7, 11) is 0. The average Bonchev–Trinajstić information content (AvgIpc) is 2.47. The second-order valence-corrected chi connectivity index (χ2v) is 5.18. The minimum Gasteiger partial charge on any atom is -0.452 e. The van der Waals surface area contributed by atoms with Crippen LogP contribution in [0.3, 0.4) is 0 Å². The predicted octanol–water partition coefficient (Wildman–Crippen LogP) is 3.72. The molecule has 0 aliphatic rings. The van der Waals surface area contributed by atoms with Gasteiger partial charge in [0.05, 0.1) is 5.56 Å². The smallest absolute Gasteiger partial charge is 0.338 e. The van der Waals surface area contributed by atoms with Crippen LogP contribution >= 0.6 is 11.6 Å². The van der Waals surface area contributed by atoms with Crippen molar-refractivity contribution in [3.8, 4) is 0 Å². The molecule has 0 aliphatic carbocycles. The predicted molar refractivity (Wildman–Crippen MR) is 81.5 cm³/mol. The van der Waals surface area contributed by atoms with Crippen LogP contribution in [0.2, 0.25) is 5.02 Å². The Bertz CT molecular complexity index is 745. The van der Waals surface area contributed by atoms with E-state index in [-0.39, 0.29) is 5.56 Å². The third kappa shape index (κ3) is 4.75. The molecule has 0 heterocycles. The first-order chi connectivity index (χ1) is 10.8. The van der Waals surface area contributed by atoms with Gasteiger partial charge < -0.3 is 10.1 Å². The lowest BCUT2D eigenvalue weighted by Crippen LogP contribution is -2.21. The van der Waals surface area contributed by atoms with Gasteiger partial charge in [-0.15, -0.1) is 0 Å². The summed E-state index contributed by atoms with van der Waals surface area (Å²) in [6.07, 6.45) is 0. The Hall–Kier alpha value is -2.47. The number of amides is 1. The van der Waals surface area contributed by atoms with E-state index >= 15 is 0 Å². The van der Waals surface area contributed by atoms with Crippen molar-refractivity contribution in [1.29, 1.82) is 0 Å². The van der Waals surface area contributed by atoms with Crippen LogP contribution in [0.1, 0.15) is 15.9 Å². The number of halogens is 3. The van der Waals surface area contributed by atoms with Crippen molar-refractivity contribution in [3.05, 3.63) is 64.2 Å². The topological polar surface area (TPSA) is 55.4 Å². The number of carbonyl (C=O) groups is 2. The fourth-order valence-corrected chi connectivity index (χ4v) is 1.97. The molecule has 0 saturated carbocycles. The molecule has 0 spiro atoms. The molecule has 0 aromatic heterocycles. The molecule has 0 unspecified atom stereocenters. The van der Waals surface area contributed by atoms with Crippen LogP contribution in [0.25, 0.3) is 0 Å². The van der Waals surface area contributed by atoms with E-state index in [0.29, 0.717) is 16.8 Å². The van der Waals surface area contributed by atoms with Crippen LogP contribution in [0.5, 0.6) is 0 Å². The van der Waals surface area contributed by atoms with Crippen molar-refractivity contribution < 1.29 is 23.1 Å². The van der Waals surface area contributed by atoms with Crippen LogP contribution < -0.4 is 5.32 Å². The van der Waals surface area contributed by atoms with Crippen molar-refractivity contribution in [2.24, 2.45) is 0 Å². The lowest BCUT2D eigenvalue weighted by molar-refractivity contribution is -0.119. The highest BCUT2D eigenvalue weighted by Crippen LogP contribution is 2.20. The van der Waals surface area contributed by atoms with Gasteiger partial charge in [0.2, 0.25) is 0 Å². The zero-order valence-corrected chi connectivity index (χ0v) is 12.8. The summed E-state index contributed by atoms with van der Waals surface area (Å²) in [5.41, 5.74) is 0.950. The molecular weight excluding hydrogens is 328 g/mol. The Balaban J connectivity index is 1.96. The van der Waals surface area contributed by atoms with Gasteiger partial charge in [-0.25, -0.2) is 13.6 Å². The van der Waals surface area contributed by atoms with Crippen molar-refractivity contribution in [3.63, 3.8) is 0 Å². The quantitative estimate of drug-likeness (QED) is 0.864. The van der Waals surface area contributed by atoms with Crippen molar-refractivity contribution >= 4 is 29.2 Å². The van der Waals surface area contributed by atoms with Gasteiger partial charge in [-0.3, -0.25) is 4.79 Å². The molecule has 23 heavy (non-hydrogen) atoms. The number of ether oxygens (including phenoxy) is 1.